The van der Waals surface area contributed by atoms with Crippen molar-refractivity contribution >= 4 is 16.1 Å². The van der Waals surface area contributed by atoms with Gasteiger partial charge in [-0.1, -0.05) is 31.2 Å². The van der Waals surface area contributed by atoms with Crippen molar-refractivity contribution in [1.29, 1.82) is 0 Å². The third kappa shape index (κ3) is 3.95. The highest BCUT2D eigenvalue weighted by atomic mass is 32.2. The van der Waals surface area contributed by atoms with Gasteiger partial charge in [0.1, 0.15) is 0 Å². The number of hydrogen-bond donors (Lipinski definition) is 3. The molecule has 0 aliphatic heterocycles. The summed E-state index contributed by atoms with van der Waals surface area (Å²) in [7, 11) is -3.42. The average Bonchev–Trinajstić information content (AvgIpc) is 2.73. The molecule has 2 atom stereocenters. The monoisotopic (exact) mass is 312 g/mol. The number of benzene rings is 1. The lowest BCUT2D eigenvalue weighted by Crippen LogP contribution is -2.41. The minimum atomic E-state index is -3.42. The molecule has 1 aromatic rings. The predicted octanol–water partition coefficient (Wildman–Crippen LogP) is 1.29. The Hall–Kier alpha value is -1.60. The van der Waals surface area contributed by atoms with E-state index >= 15 is 0 Å². The van der Waals surface area contributed by atoms with Crippen LogP contribution in [0.2, 0.25) is 0 Å². The topological polar surface area (TPSA) is 95.5 Å². The highest BCUT2D eigenvalue weighted by molar-refractivity contribution is 7.89. The number of amides is 1. The molecule has 3 N–H and O–H groups in total. The first kappa shape index (κ1) is 15.8. The molecular formula is C14H20N2O4S. The zero-order valence-electron chi connectivity index (χ0n) is 11.9. The van der Waals surface area contributed by atoms with Crippen molar-refractivity contribution in [2.75, 3.05) is 12.3 Å². The van der Waals surface area contributed by atoms with Crippen LogP contribution in [0.3, 0.4) is 0 Å². The third-order valence-electron chi connectivity index (χ3n) is 3.66. The van der Waals surface area contributed by atoms with Gasteiger partial charge in [-0.3, -0.25) is 0 Å². The summed E-state index contributed by atoms with van der Waals surface area (Å²) < 4.78 is 26.7. The first-order chi connectivity index (χ1) is 9.93. The molecule has 116 valence electrons. The van der Waals surface area contributed by atoms with Gasteiger partial charge in [0.2, 0.25) is 10.0 Å². The minimum Gasteiger partial charge on any atom is -0.465 e. The second kappa shape index (κ2) is 6.44. The van der Waals surface area contributed by atoms with Crippen LogP contribution in [-0.4, -0.2) is 38.0 Å². The van der Waals surface area contributed by atoms with Crippen LogP contribution in [0.4, 0.5) is 4.79 Å². The standard InChI is InChI=1S/C14H20N2O4S/c1-2-7-15-21(19,20)9-12-11-6-4-3-5-10(11)8-13(12)16-14(17)18/h3-6,12-13,15-16H,2,7-9H2,1H3,(H,17,18)/t12-,13-/m1/s1. The molecule has 0 saturated carbocycles. The maximum absolute atomic E-state index is 12.1. The maximum Gasteiger partial charge on any atom is 0.404 e. The summed E-state index contributed by atoms with van der Waals surface area (Å²) in [4.78, 5) is 10.9. The van der Waals surface area contributed by atoms with Crippen molar-refractivity contribution in [2.45, 2.75) is 31.7 Å². The molecular weight excluding hydrogens is 292 g/mol. The summed E-state index contributed by atoms with van der Waals surface area (Å²) in [6.07, 6.45) is 0.116. The van der Waals surface area contributed by atoms with Crippen molar-refractivity contribution in [3.63, 3.8) is 0 Å². The molecule has 1 amide bonds. The number of hydrogen-bond acceptors (Lipinski definition) is 3. The fourth-order valence-electron chi connectivity index (χ4n) is 2.75. The molecule has 0 spiro atoms. The Kier molecular flexibility index (Phi) is 4.84. The van der Waals surface area contributed by atoms with Crippen LogP contribution in [0, 0.1) is 0 Å². The highest BCUT2D eigenvalue weighted by Crippen LogP contribution is 2.34. The number of nitrogens with one attached hydrogen (secondary N) is 2. The van der Waals surface area contributed by atoms with E-state index in [-0.39, 0.29) is 11.7 Å². The van der Waals surface area contributed by atoms with Gasteiger partial charge in [-0.2, -0.15) is 0 Å². The second-order valence-corrected chi connectivity index (χ2v) is 7.09. The van der Waals surface area contributed by atoms with Gasteiger partial charge in [0.05, 0.1) is 5.75 Å². The molecule has 1 aliphatic carbocycles. The van der Waals surface area contributed by atoms with E-state index in [0.29, 0.717) is 13.0 Å². The van der Waals surface area contributed by atoms with E-state index in [4.69, 9.17) is 5.11 Å². The number of carboxylic acid groups (broad SMARTS) is 1. The smallest absolute Gasteiger partial charge is 0.404 e. The molecule has 1 aromatic carbocycles. The molecule has 0 bridgehead atoms. The molecule has 21 heavy (non-hydrogen) atoms. The fourth-order valence-corrected chi connectivity index (χ4v) is 4.26. The Labute approximate surface area is 124 Å². The SMILES string of the molecule is CCCNS(=O)(=O)C[C@@H]1c2ccccc2C[C@H]1NC(=O)O. The van der Waals surface area contributed by atoms with Gasteiger partial charge in [-0.05, 0) is 24.0 Å². The average molecular weight is 312 g/mol. The fraction of sp³-hybridized carbons (Fsp3) is 0.500. The largest absolute Gasteiger partial charge is 0.465 e. The summed E-state index contributed by atoms with van der Waals surface area (Å²) in [6.45, 7) is 2.29. The molecule has 6 nitrogen and oxygen atoms in total. The second-order valence-electron chi connectivity index (χ2n) is 5.24. The summed E-state index contributed by atoms with van der Waals surface area (Å²) in [5, 5.41) is 11.4. The first-order valence-corrected chi connectivity index (χ1v) is 8.62. The van der Waals surface area contributed by atoms with E-state index in [1.165, 1.54) is 0 Å². The van der Waals surface area contributed by atoms with Gasteiger partial charge < -0.3 is 10.4 Å². The molecule has 2 rings (SSSR count). The Morgan fingerprint density at radius 1 is 1.38 bits per heavy atom. The molecule has 0 saturated heterocycles. The lowest BCUT2D eigenvalue weighted by Gasteiger charge is -2.20. The maximum atomic E-state index is 12.1. The zero-order valence-corrected chi connectivity index (χ0v) is 12.7. The Balaban J connectivity index is 2.22. The van der Waals surface area contributed by atoms with Gasteiger partial charge in [-0.25, -0.2) is 17.9 Å². The van der Waals surface area contributed by atoms with Gasteiger partial charge in [0.15, 0.2) is 0 Å². The quantitative estimate of drug-likeness (QED) is 0.737. The van der Waals surface area contributed by atoms with Crippen molar-refractivity contribution in [1.82, 2.24) is 10.0 Å². The first-order valence-electron chi connectivity index (χ1n) is 6.97. The lowest BCUT2D eigenvalue weighted by molar-refractivity contribution is 0.189. The van der Waals surface area contributed by atoms with Crippen LogP contribution in [-0.2, 0) is 16.4 Å². The molecule has 1 aliphatic rings. The van der Waals surface area contributed by atoms with Crippen LogP contribution >= 0.6 is 0 Å². The molecule has 0 fully saturated rings. The predicted molar refractivity (Wildman–Crippen MR) is 79.9 cm³/mol. The van der Waals surface area contributed by atoms with Crippen molar-refractivity contribution in [3.05, 3.63) is 35.4 Å². The number of fused-ring (bicyclic) bond motifs is 1. The molecule has 0 unspecified atom stereocenters. The van der Waals surface area contributed by atoms with Crippen LogP contribution in [0.15, 0.2) is 24.3 Å². The third-order valence-corrected chi connectivity index (χ3v) is 5.10. The van der Waals surface area contributed by atoms with E-state index in [2.05, 4.69) is 10.0 Å². The van der Waals surface area contributed by atoms with Crippen LogP contribution in [0.5, 0.6) is 0 Å². The van der Waals surface area contributed by atoms with Gasteiger partial charge in [-0.15, -0.1) is 0 Å². The van der Waals surface area contributed by atoms with Crippen molar-refractivity contribution < 1.29 is 18.3 Å². The molecule has 0 heterocycles. The summed E-state index contributed by atoms with van der Waals surface area (Å²) in [6, 6.07) is 7.11. The van der Waals surface area contributed by atoms with Gasteiger partial charge in [0, 0.05) is 18.5 Å². The molecule has 0 radical (unpaired) electrons. The Morgan fingerprint density at radius 2 is 2.10 bits per heavy atom. The zero-order chi connectivity index (χ0) is 15.5. The summed E-state index contributed by atoms with van der Waals surface area (Å²) >= 11 is 0. The van der Waals surface area contributed by atoms with Crippen LogP contribution in [0.25, 0.3) is 0 Å². The van der Waals surface area contributed by atoms with E-state index < -0.39 is 22.2 Å². The van der Waals surface area contributed by atoms with Gasteiger partial charge in [0.25, 0.3) is 0 Å². The van der Waals surface area contributed by atoms with Crippen LogP contribution < -0.4 is 10.0 Å². The van der Waals surface area contributed by atoms with Crippen molar-refractivity contribution in [3.8, 4) is 0 Å². The minimum absolute atomic E-state index is 0.102. The Morgan fingerprint density at radius 3 is 2.76 bits per heavy atom. The summed E-state index contributed by atoms with van der Waals surface area (Å²) in [5.74, 6) is -0.457. The number of sulfonamides is 1. The lowest BCUT2D eigenvalue weighted by atomic mass is 10.0. The normalized spacial score (nSPS) is 21.0. The van der Waals surface area contributed by atoms with Crippen molar-refractivity contribution in [2.24, 2.45) is 0 Å². The number of carbonyl (C=O) groups is 1. The van der Waals surface area contributed by atoms with E-state index in [1.54, 1.807) is 0 Å². The Bertz CT molecular complexity index is 615. The van der Waals surface area contributed by atoms with Gasteiger partial charge >= 0.3 is 6.09 Å². The van der Waals surface area contributed by atoms with E-state index in [9.17, 15) is 13.2 Å². The number of rotatable bonds is 6. The van der Waals surface area contributed by atoms with E-state index in [1.807, 2.05) is 31.2 Å². The molecule has 7 heteroatoms. The molecule has 0 aromatic heterocycles. The summed E-state index contributed by atoms with van der Waals surface area (Å²) in [5.41, 5.74) is 1.92. The van der Waals surface area contributed by atoms with Crippen LogP contribution in [0.1, 0.15) is 30.4 Å². The highest BCUT2D eigenvalue weighted by Gasteiger charge is 2.36. The van der Waals surface area contributed by atoms with E-state index in [0.717, 1.165) is 17.5 Å².